The Morgan fingerprint density at radius 3 is 2.53 bits per heavy atom. The molecule has 0 amide bonds. The normalized spacial score (nSPS) is 32.3. The maximum atomic E-state index is 12.7. The van der Waals surface area contributed by atoms with E-state index < -0.39 is 11.0 Å². The first-order chi connectivity index (χ1) is 8.86. The van der Waals surface area contributed by atoms with E-state index >= 15 is 0 Å². The largest absolute Gasteiger partial charge is 0.465 e. The van der Waals surface area contributed by atoms with Crippen LogP contribution in [0, 0.1) is 5.92 Å². The lowest BCUT2D eigenvalue weighted by Gasteiger charge is -2.47. The maximum Gasteiger partial charge on any atom is 0.324 e. The summed E-state index contributed by atoms with van der Waals surface area (Å²) in [6.07, 6.45) is 6.13. The zero-order chi connectivity index (χ0) is 14.2. The molecule has 0 spiro atoms. The van der Waals surface area contributed by atoms with Crippen molar-refractivity contribution in [1.29, 1.82) is 0 Å². The highest BCUT2D eigenvalue weighted by Gasteiger charge is 2.48. The number of nitrogens with zero attached hydrogens (tertiary/aromatic N) is 1. The molecule has 19 heavy (non-hydrogen) atoms. The fourth-order valence-corrected chi connectivity index (χ4v) is 4.25. The molecule has 0 N–H and O–H groups in total. The third-order valence-electron chi connectivity index (χ3n) is 3.63. The topological polar surface area (TPSA) is 46.6 Å². The van der Waals surface area contributed by atoms with E-state index in [1.165, 1.54) is 0 Å². The fraction of sp³-hybridized carbons (Fsp3) is 0.786. The van der Waals surface area contributed by atoms with E-state index in [2.05, 4.69) is 12.2 Å². The lowest BCUT2D eigenvalue weighted by atomic mass is 9.82. The van der Waals surface area contributed by atoms with Crippen molar-refractivity contribution in [2.45, 2.75) is 57.4 Å². The van der Waals surface area contributed by atoms with Gasteiger partial charge >= 0.3 is 5.97 Å². The smallest absolute Gasteiger partial charge is 0.324 e. The molecule has 0 aromatic carbocycles. The molecular formula is C14H23NO3S. The Kier molecular flexibility index (Phi) is 4.16. The third-order valence-corrected chi connectivity index (χ3v) is 5.55. The molecule has 0 aromatic rings. The van der Waals surface area contributed by atoms with Crippen molar-refractivity contribution >= 4 is 17.0 Å². The lowest BCUT2D eigenvalue weighted by molar-refractivity contribution is -0.151. The summed E-state index contributed by atoms with van der Waals surface area (Å²) in [6.45, 7) is 8.00. The summed E-state index contributed by atoms with van der Waals surface area (Å²) in [6, 6.07) is -0.289. The van der Waals surface area contributed by atoms with E-state index in [1.807, 2.05) is 25.1 Å². The first kappa shape index (κ1) is 14.7. The number of esters is 1. The van der Waals surface area contributed by atoms with Crippen molar-refractivity contribution in [2.75, 3.05) is 6.61 Å². The molecule has 1 fully saturated rings. The molecule has 2 aliphatic heterocycles. The molecule has 0 aromatic heterocycles. The van der Waals surface area contributed by atoms with Crippen LogP contribution in [-0.4, -0.2) is 37.9 Å². The van der Waals surface area contributed by atoms with Gasteiger partial charge in [-0.1, -0.05) is 12.2 Å². The van der Waals surface area contributed by atoms with Crippen molar-refractivity contribution in [2.24, 2.45) is 5.92 Å². The van der Waals surface area contributed by atoms with Crippen molar-refractivity contribution in [1.82, 2.24) is 4.31 Å². The molecule has 0 unspecified atom stereocenters. The molecule has 4 atom stereocenters. The number of hydrogen-bond donors (Lipinski definition) is 0. The number of piperidine rings is 1. The Morgan fingerprint density at radius 1 is 1.37 bits per heavy atom. The van der Waals surface area contributed by atoms with E-state index in [1.54, 1.807) is 6.92 Å². The van der Waals surface area contributed by atoms with Gasteiger partial charge in [0, 0.05) is 12.0 Å². The van der Waals surface area contributed by atoms with Crippen LogP contribution in [0.2, 0.25) is 0 Å². The molecular weight excluding hydrogens is 262 g/mol. The highest BCUT2D eigenvalue weighted by atomic mass is 32.2. The van der Waals surface area contributed by atoms with Gasteiger partial charge in [0.25, 0.3) is 0 Å². The molecule has 4 nitrogen and oxygen atoms in total. The Labute approximate surface area is 117 Å². The van der Waals surface area contributed by atoms with Crippen LogP contribution in [0.25, 0.3) is 0 Å². The minimum absolute atomic E-state index is 0.0967. The quantitative estimate of drug-likeness (QED) is 0.589. The van der Waals surface area contributed by atoms with Gasteiger partial charge in [0.05, 0.1) is 11.4 Å². The number of carbonyl (C=O) groups excluding carboxylic acids is 1. The SMILES string of the molecule is CCOC(=O)[C@@H]1[C@H]2C=C[C@H](CC2)N1[S@@](=O)C(C)(C)C. The molecule has 108 valence electrons. The fourth-order valence-electron chi connectivity index (χ4n) is 2.75. The van der Waals surface area contributed by atoms with E-state index in [-0.39, 0.29) is 28.7 Å². The van der Waals surface area contributed by atoms with Gasteiger partial charge in [-0.15, -0.1) is 0 Å². The summed E-state index contributed by atoms with van der Waals surface area (Å²) in [4.78, 5) is 12.2. The van der Waals surface area contributed by atoms with Gasteiger partial charge in [-0.25, -0.2) is 8.51 Å². The van der Waals surface area contributed by atoms with E-state index in [4.69, 9.17) is 4.74 Å². The molecule has 5 heteroatoms. The molecule has 0 radical (unpaired) electrons. The predicted molar refractivity (Wildman–Crippen MR) is 75.8 cm³/mol. The number of hydrogen-bond acceptors (Lipinski definition) is 3. The highest BCUT2D eigenvalue weighted by Crippen LogP contribution is 2.38. The van der Waals surface area contributed by atoms with E-state index in [9.17, 15) is 9.00 Å². The molecule has 3 aliphatic rings. The van der Waals surface area contributed by atoms with Gasteiger partial charge in [0.2, 0.25) is 0 Å². The Balaban J connectivity index is 2.30. The van der Waals surface area contributed by atoms with Crippen LogP contribution < -0.4 is 0 Å². The number of carbonyl (C=O) groups is 1. The summed E-state index contributed by atoms with van der Waals surface area (Å²) < 4.78 is 19.4. The predicted octanol–water partition coefficient (Wildman–Crippen LogP) is 2.03. The molecule has 1 saturated heterocycles. The molecule has 1 aliphatic carbocycles. The van der Waals surface area contributed by atoms with Gasteiger partial charge in [-0.3, -0.25) is 4.79 Å². The molecule has 3 rings (SSSR count). The third kappa shape index (κ3) is 2.77. The lowest BCUT2D eigenvalue weighted by Crippen LogP contribution is -2.59. The van der Waals surface area contributed by atoms with Crippen LogP contribution in [0.4, 0.5) is 0 Å². The van der Waals surface area contributed by atoms with Crippen molar-refractivity contribution in [3.8, 4) is 0 Å². The summed E-state index contributed by atoms with van der Waals surface area (Å²) in [5.41, 5.74) is 0. The second kappa shape index (κ2) is 5.37. The van der Waals surface area contributed by atoms with Crippen molar-refractivity contribution in [3.63, 3.8) is 0 Å². The van der Waals surface area contributed by atoms with Crippen molar-refractivity contribution < 1.29 is 13.7 Å². The first-order valence-corrected chi connectivity index (χ1v) is 8.02. The number of fused-ring (bicyclic) bond motifs is 2. The van der Waals surface area contributed by atoms with Gasteiger partial charge in [-0.2, -0.15) is 0 Å². The number of ether oxygens (including phenoxy) is 1. The minimum Gasteiger partial charge on any atom is -0.465 e. The van der Waals surface area contributed by atoms with E-state index in [0.717, 1.165) is 12.8 Å². The minimum atomic E-state index is -1.20. The Hall–Kier alpha value is -0.680. The summed E-state index contributed by atoms with van der Waals surface area (Å²) in [5.74, 6) is -0.102. The maximum absolute atomic E-state index is 12.7. The van der Waals surface area contributed by atoms with Gasteiger partial charge < -0.3 is 4.74 Å². The molecule has 2 heterocycles. The molecule has 0 saturated carbocycles. The van der Waals surface area contributed by atoms with Crippen LogP contribution in [0.15, 0.2) is 12.2 Å². The van der Waals surface area contributed by atoms with Crippen LogP contribution in [0.3, 0.4) is 0 Å². The second-order valence-electron chi connectivity index (χ2n) is 6.11. The highest BCUT2D eigenvalue weighted by molar-refractivity contribution is 7.84. The van der Waals surface area contributed by atoms with Crippen LogP contribution in [0.1, 0.15) is 40.5 Å². The summed E-state index contributed by atoms with van der Waals surface area (Å²) in [5, 5.41) is 0. The zero-order valence-corrected chi connectivity index (χ0v) is 12.9. The Bertz CT molecular complexity index is 413. The van der Waals surface area contributed by atoms with Crippen molar-refractivity contribution in [3.05, 3.63) is 12.2 Å². The summed E-state index contributed by atoms with van der Waals surface area (Å²) >= 11 is 0. The second-order valence-corrected chi connectivity index (χ2v) is 8.26. The zero-order valence-electron chi connectivity index (χ0n) is 12.1. The van der Waals surface area contributed by atoms with Gasteiger partial charge in [0.1, 0.15) is 17.0 Å². The van der Waals surface area contributed by atoms with Crippen LogP contribution in [0.5, 0.6) is 0 Å². The first-order valence-electron chi connectivity index (χ1n) is 6.91. The summed E-state index contributed by atoms with van der Waals surface area (Å²) in [7, 11) is -1.20. The number of rotatable bonds is 3. The van der Waals surface area contributed by atoms with Gasteiger partial charge in [0.15, 0.2) is 0 Å². The van der Waals surface area contributed by atoms with Gasteiger partial charge in [-0.05, 0) is 40.5 Å². The average Bonchev–Trinajstić information content (AvgIpc) is 2.37. The van der Waals surface area contributed by atoms with E-state index in [0.29, 0.717) is 6.61 Å². The Morgan fingerprint density at radius 2 is 2.05 bits per heavy atom. The average molecular weight is 285 g/mol. The monoisotopic (exact) mass is 285 g/mol. The van der Waals surface area contributed by atoms with Crippen LogP contribution in [-0.2, 0) is 20.5 Å². The standard InChI is InChI=1S/C14H23NO3S/c1-5-18-13(16)12-10-6-8-11(9-7-10)15(12)19(17)14(2,3)4/h6,8,10-12H,5,7,9H2,1-4H3/t10-,11+,12-,19-/m0/s1. The van der Waals surface area contributed by atoms with Crippen LogP contribution >= 0.6 is 0 Å². The molecule has 2 bridgehead atoms.